The fourth-order valence-corrected chi connectivity index (χ4v) is 3.10. The molecule has 28 heavy (non-hydrogen) atoms. The van der Waals surface area contributed by atoms with Gasteiger partial charge in [-0.15, -0.1) is 10.2 Å². The van der Waals surface area contributed by atoms with Crippen molar-refractivity contribution < 1.29 is 14.2 Å². The fourth-order valence-electron chi connectivity index (χ4n) is 3.10. The van der Waals surface area contributed by atoms with Crippen LogP contribution in [0.15, 0.2) is 36.7 Å². The number of nitrogens with two attached hydrogens (primary N) is 1. The number of hydrogen-bond donors (Lipinski definition) is 1. The topological polar surface area (TPSA) is 109 Å². The zero-order valence-electron chi connectivity index (χ0n) is 15.6. The SMILES string of the molecule is COc1ccc(-c2cc3c(c(OC)c2)OCCN(c2cc(N)ncn2)C3)nn1. The quantitative estimate of drug-likeness (QED) is 0.726. The van der Waals surface area contributed by atoms with E-state index in [1.807, 2.05) is 18.2 Å². The lowest BCUT2D eigenvalue weighted by Crippen LogP contribution is -2.26. The largest absolute Gasteiger partial charge is 0.493 e. The van der Waals surface area contributed by atoms with Crippen molar-refractivity contribution in [2.75, 3.05) is 38.0 Å². The Labute approximate surface area is 162 Å². The average molecular weight is 380 g/mol. The molecule has 0 bridgehead atoms. The van der Waals surface area contributed by atoms with Gasteiger partial charge in [0.1, 0.15) is 24.6 Å². The summed E-state index contributed by atoms with van der Waals surface area (Å²) in [5.74, 6) is 3.00. The highest BCUT2D eigenvalue weighted by molar-refractivity contribution is 5.67. The van der Waals surface area contributed by atoms with Crippen LogP contribution in [0.2, 0.25) is 0 Å². The number of ether oxygens (including phenoxy) is 3. The van der Waals surface area contributed by atoms with Crippen LogP contribution in [0.3, 0.4) is 0 Å². The number of benzene rings is 1. The first-order valence-electron chi connectivity index (χ1n) is 8.72. The highest BCUT2D eigenvalue weighted by Crippen LogP contribution is 2.38. The van der Waals surface area contributed by atoms with E-state index in [-0.39, 0.29) is 0 Å². The zero-order valence-corrected chi connectivity index (χ0v) is 15.6. The smallest absolute Gasteiger partial charge is 0.233 e. The fraction of sp³-hybridized carbons (Fsp3) is 0.263. The molecule has 1 aromatic carbocycles. The minimum Gasteiger partial charge on any atom is -0.493 e. The van der Waals surface area contributed by atoms with Crippen molar-refractivity contribution in [2.24, 2.45) is 0 Å². The zero-order chi connectivity index (χ0) is 19.5. The molecule has 1 aliphatic heterocycles. The van der Waals surface area contributed by atoms with Gasteiger partial charge in [-0.1, -0.05) is 0 Å². The number of methoxy groups -OCH3 is 2. The van der Waals surface area contributed by atoms with Gasteiger partial charge in [0.05, 0.1) is 26.5 Å². The Morgan fingerprint density at radius 2 is 1.96 bits per heavy atom. The number of aromatic nitrogens is 4. The van der Waals surface area contributed by atoms with Crippen LogP contribution in [-0.4, -0.2) is 47.5 Å². The predicted octanol–water partition coefficient (Wildman–Crippen LogP) is 1.93. The first-order valence-corrected chi connectivity index (χ1v) is 8.72. The summed E-state index contributed by atoms with van der Waals surface area (Å²) < 4.78 is 16.6. The highest BCUT2D eigenvalue weighted by Gasteiger charge is 2.22. The second-order valence-corrected chi connectivity index (χ2v) is 6.20. The maximum Gasteiger partial charge on any atom is 0.233 e. The summed E-state index contributed by atoms with van der Waals surface area (Å²) in [5.41, 5.74) is 8.36. The van der Waals surface area contributed by atoms with Crippen molar-refractivity contribution in [1.29, 1.82) is 0 Å². The van der Waals surface area contributed by atoms with Crippen LogP contribution in [-0.2, 0) is 6.54 Å². The van der Waals surface area contributed by atoms with Crippen LogP contribution in [0.5, 0.6) is 17.4 Å². The Morgan fingerprint density at radius 1 is 1.07 bits per heavy atom. The molecule has 2 aromatic heterocycles. The summed E-state index contributed by atoms with van der Waals surface area (Å²) in [5, 5.41) is 8.28. The van der Waals surface area contributed by atoms with Gasteiger partial charge in [-0.3, -0.25) is 0 Å². The van der Waals surface area contributed by atoms with Crippen molar-refractivity contribution in [3.05, 3.63) is 42.2 Å². The van der Waals surface area contributed by atoms with Crippen LogP contribution in [0, 0.1) is 0 Å². The first kappa shape index (κ1) is 17.8. The molecular formula is C19H20N6O3. The van der Waals surface area contributed by atoms with E-state index in [4.69, 9.17) is 19.9 Å². The van der Waals surface area contributed by atoms with Gasteiger partial charge >= 0.3 is 0 Å². The molecule has 3 heterocycles. The molecule has 0 unspecified atom stereocenters. The van der Waals surface area contributed by atoms with Crippen LogP contribution in [0.25, 0.3) is 11.3 Å². The number of anilines is 2. The molecule has 0 saturated heterocycles. The summed E-state index contributed by atoms with van der Waals surface area (Å²) in [6.45, 7) is 1.74. The summed E-state index contributed by atoms with van der Waals surface area (Å²) in [7, 11) is 3.18. The molecule has 0 fully saturated rings. The van der Waals surface area contributed by atoms with Gasteiger partial charge < -0.3 is 24.8 Å². The lowest BCUT2D eigenvalue weighted by molar-refractivity contribution is 0.305. The van der Waals surface area contributed by atoms with Gasteiger partial charge in [0, 0.05) is 29.8 Å². The van der Waals surface area contributed by atoms with Crippen molar-refractivity contribution >= 4 is 11.6 Å². The molecule has 0 spiro atoms. The van der Waals surface area contributed by atoms with Crippen molar-refractivity contribution in [3.63, 3.8) is 0 Å². The Kier molecular flexibility index (Phi) is 4.79. The third-order valence-corrected chi connectivity index (χ3v) is 4.46. The minimum atomic E-state index is 0.426. The molecule has 3 aromatic rings. The molecule has 0 saturated carbocycles. The number of rotatable bonds is 4. The maximum atomic E-state index is 5.98. The summed E-state index contributed by atoms with van der Waals surface area (Å²) in [6, 6.07) is 9.30. The number of nitrogen functional groups attached to an aromatic ring is 1. The molecule has 0 amide bonds. The van der Waals surface area contributed by atoms with E-state index in [2.05, 4.69) is 25.1 Å². The second kappa shape index (κ2) is 7.55. The molecule has 0 atom stereocenters. The number of hydrogen-bond acceptors (Lipinski definition) is 9. The van der Waals surface area contributed by atoms with E-state index in [0.717, 1.165) is 22.7 Å². The average Bonchev–Trinajstić information content (AvgIpc) is 2.95. The van der Waals surface area contributed by atoms with E-state index in [1.165, 1.54) is 6.33 Å². The molecule has 144 valence electrons. The third kappa shape index (κ3) is 3.46. The molecule has 0 radical (unpaired) electrons. The van der Waals surface area contributed by atoms with Crippen LogP contribution < -0.4 is 24.8 Å². The van der Waals surface area contributed by atoms with E-state index in [9.17, 15) is 0 Å². The molecule has 9 nitrogen and oxygen atoms in total. The molecular weight excluding hydrogens is 360 g/mol. The summed E-state index contributed by atoms with van der Waals surface area (Å²) >= 11 is 0. The summed E-state index contributed by atoms with van der Waals surface area (Å²) in [4.78, 5) is 10.4. The maximum absolute atomic E-state index is 5.98. The molecule has 9 heteroatoms. The monoisotopic (exact) mass is 380 g/mol. The molecule has 0 aliphatic carbocycles. The standard InChI is InChI=1S/C19H20N6O3/c1-26-15-8-12(14-3-4-18(27-2)24-23-14)7-13-10-25(5-6-28-19(13)15)17-9-16(20)21-11-22-17/h3-4,7-9,11H,5-6,10H2,1-2H3,(H2,20,21,22). The van der Waals surface area contributed by atoms with E-state index in [1.54, 1.807) is 26.4 Å². The lowest BCUT2D eigenvalue weighted by atomic mass is 10.1. The Balaban J connectivity index is 1.73. The third-order valence-electron chi connectivity index (χ3n) is 4.46. The van der Waals surface area contributed by atoms with Crippen LogP contribution in [0.1, 0.15) is 5.56 Å². The van der Waals surface area contributed by atoms with Crippen molar-refractivity contribution in [2.45, 2.75) is 6.54 Å². The van der Waals surface area contributed by atoms with Gasteiger partial charge in [0.2, 0.25) is 5.88 Å². The number of nitrogens with zero attached hydrogens (tertiary/aromatic N) is 5. The predicted molar refractivity (Wildman–Crippen MR) is 104 cm³/mol. The van der Waals surface area contributed by atoms with Crippen molar-refractivity contribution in [1.82, 2.24) is 20.2 Å². The van der Waals surface area contributed by atoms with Gasteiger partial charge in [0.15, 0.2) is 11.5 Å². The lowest BCUT2D eigenvalue weighted by Gasteiger charge is -2.21. The van der Waals surface area contributed by atoms with E-state index in [0.29, 0.717) is 42.8 Å². The minimum absolute atomic E-state index is 0.426. The first-order chi connectivity index (χ1) is 13.7. The number of fused-ring (bicyclic) bond motifs is 1. The molecule has 2 N–H and O–H groups in total. The van der Waals surface area contributed by atoms with Crippen LogP contribution in [0.4, 0.5) is 11.6 Å². The van der Waals surface area contributed by atoms with Gasteiger partial charge in [-0.05, 0) is 18.2 Å². The second-order valence-electron chi connectivity index (χ2n) is 6.20. The molecule has 1 aliphatic rings. The highest BCUT2D eigenvalue weighted by atomic mass is 16.5. The molecule has 4 rings (SSSR count). The van der Waals surface area contributed by atoms with Gasteiger partial charge in [-0.2, -0.15) is 0 Å². The Bertz CT molecular complexity index is 980. The van der Waals surface area contributed by atoms with Crippen LogP contribution >= 0.6 is 0 Å². The van der Waals surface area contributed by atoms with Gasteiger partial charge in [0.25, 0.3) is 0 Å². The van der Waals surface area contributed by atoms with E-state index < -0.39 is 0 Å². The normalized spacial score (nSPS) is 13.3. The Hall–Kier alpha value is -3.62. The van der Waals surface area contributed by atoms with Gasteiger partial charge in [-0.25, -0.2) is 9.97 Å². The van der Waals surface area contributed by atoms with Crippen molar-refractivity contribution in [3.8, 4) is 28.6 Å². The van der Waals surface area contributed by atoms with E-state index >= 15 is 0 Å². The Morgan fingerprint density at radius 3 is 2.68 bits per heavy atom. The summed E-state index contributed by atoms with van der Waals surface area (Å²) in [6.07, 6.45) is 1.46.